The van der Waals surface area contributed by atoms with E-state index in [2.05, 4.69) is 55.6 Å². The van der Waals surface area contributed by atoms with Crippen LogP contribution in [0.2, 0.25) is 0 Å². The zero-order valence-corrected chi connectivity index (χ0v) is 13.0. The summed E-state index contributed by atoms with van der Waals surface area (Å²) in [6.07, 6.45) is 6.22. The molecule has 0 saturated carbocycles. The highest BCUT2D eigenvalue weighted by atomic mass is 15.2. The lowest BCUT2D eigenvalue weighted by atomic mass is 9.98. The second-order valence-corrected chi connectivity index (χ2v) is 5.58. The Bertz CT molecular complexity index is 557. The summed E-state index contributed by atoms with van der Waals surface area (Å²) in [7, 11) is 1.97. The normalized spacial score (nSPS) is 12.6. The van der Waals surface area contributed by atoms with Gasteiger partial charge in [-0.15, -0.1) is 0 Å². The number of aryl methyl sites for hydroxylation is 3. The van der Waals surface area contributed by atoms with Crippen molar-refractivity contribution in [3.63, 3.8) is 0 Å². The summed E-state index contributed by atoms with van der Waals surface area (Å²) >= 11 is 0. The first kappa shape index (κ1) is 14.8. The van der Waals surface area contributed by atoms with Gasteiger partial charge >= 0.3 is 0 Å². The van der Waals surface area contributed by atoms with Crippen molar-refractivity contribution in [2.75, 3.05) is 6.54 Å². The van der Waals surface area contributed by atoms with E-state index < -0.39 is 0 Å². The molecule has 0 aliphatic carbocycles. The minimum atomic E-state index is 0.339. The minimum absolute atomic E-state index is 0.339. The number of hydrogen-bond donors (Lipinski definition) is 1. The maximum Gasteiger partial charge on any atom is 0.0537 e. The molecule has 108 valence electrons. The van der Waals surface area contributed by atoms with Crippen LogP contribution in [-0.4, -0.2) is 16.3 Å². The highest BCUT2D eigenvalue weighted by Gasteiger charge is 2.13. The molecule has 1 N–H and O–H groups in total. The topological polar surface area (TPSA) is 29.9 Å². The number of nitrogens with zero attached hydrogens (tertiary/aromatic N) is 2. The summed E-state index contributed by atoms with van der Waals surface area (Å²) in [6.45, 7) is 7.57. The quantitative estimate of drug-likeness (QED) is 0.873. The molecule has 0 bridgehead atoms. The largest absolute Gasteiger partial charge is 0.310 e. The van der Waals surface area contributed by atoms with Crippen LogP contribution in [0.5, 0.6) is 0 Å². The molecule has 1 aromatic carbocycles. The van der Waals surface area contributed by atoms with E-state index >= 15 is 0 Å². The van der Waals surface area contributed by atoms with Crippen molar-refractivity contribution < 1.29 is 0 Å². The standard InChI is InChI=1S/C17H25N3/c1-5-8-18-17(16-11-19-20(4)12-16)10-15-7-6-13(2)14(3)9-15/h6-7,9,11-12,17-18H,5,8,10H2,1-4H3. The molecule has 3 nitrogen and oxygen atoms in total. The van der Waals surface area contributed by atoms with Gasteiger partial charge in [-0.25, -0.2) is 0 Å². The van der Waals surface area contributed by atoms with Crippen LogP contribution in [0.25, 0.3) is 0 Å². The van der Waals surface area contributed by atoms with E-state index in [-0.39, 0.29) is 0 Å². The van der Waals surface area contributed by atoms with Crippen molar-refractivity contribution in [2.24, 2.45) is 7.05 Å². The zero-order valence-electron chi connectivity index (χ0n) is 13.0. The first-order valence-corrected chi connectivity index (χ1v) is 7.38. The van der Waals surface area contributed by atoms with Crippen molar-refractivity contribution in [1.29, 1.82) is 0 Å². The summed E-state index contributed by atoms with van der Waals surface area (Å²) in [6, 6.07) is 7.09. The first-order valence-electron chi connectivity index (χ1n) is 7.38. The van der Waals surface area contributed by atoms with E-state index in [1.807, 2.05) is 17.9 Å². The van der Waals surface area contributed by atoms with Crippen molar-refractivity contribution in [1.82, 2.24) is 15.1 Å². The molecule has 1 unspecified atom stereocenters. The SMILES string of the molecule is CCCNC(Cc1ccc(C)c(C)c1)c1cnn(C)c1. The number of aromatic nitrogens is 2. The van der Waals surface area contributed by atoms with E-state index in [9.17, 15) is 0 Å². The lowest BCUT2D eigenvalue weighted by Crippen LogP contribution is -2.23. The van der Waals surface area contributed by atoms with Gasteiger partial charge in [-0.1, -0.05) is 25.1 Å². The van der Waals surface area contributed by atoms with Gasteiger partial charge in [0.25, 0.3) is 0 Å². The van der Waals surface area contributed by atoms with Crippen LogP contribution < -0.4 is 5.32 Å². The first-order chi connectivity index (χ1) is 9.60. The monoisotopic (exact) mass is 271 g/mol. The van der Waals surface area contributed by atoms with E-state index in [0.29, 0.717) is 6.04 Å². The van der Waals surface area contributed by atoms with E-state index in [1.165, 1.54) is 22.3 Å². The van der Waals surface area contributed by atoms with Crippen molar-refractivity contribution in [3.05, 3.63) is 52.8 Å². The molecule has 0 fully saturated rings. The average Bonchev–Trinajstić information content (AvgIpc) is 2.85. The van der Waals surface area contributed by atoms with Crippen molar-refractivity contribution in [2.45, 2.75) is 39.7 Å². The van der Waals surface area contributed by atoms with Crippen LogP contribution >= 0.6 is 0 Å². The second-order valence-electron chi connectivity index (χ2n) is 5.58. The molecule has 0 aliphatic heterocycles. The van der Waals surface area contributed by atoms with Gasteiger partial charge in [0, 0.05) is 24.8 Å². The molecular weight excluding hydrogens is 246 g/mol. The lowest BCUT2D eigenvalue weighted by molar-refractivity contribution is 0.528. The Morgan fingerprint density at radius 3 is 2.65 bits per heavy atom. The molecule has 1 atom stereocenters. The van der Waals surface area contributed by atoms with Gasteiger partial charge in [0.05, 0.1) is 6.20 Å². The summed E-state index contributed by atoms with van der Waals surface area (Å²) < 4.78 is 1.87. The average molecular weight is 271 g/mol. The number of nitrogens with one attached hydrogen (secondary N) is 1. The van der Waals surface area contributed by atoms with Gasteiger partial charge in [-0.3, -0.25) is 4.68 Å². The summed E-state index contributed by atoms with van der Waals surface area (Å²) in [5.41, 5.74) is 5.36. The number of benzene rings is 1. The second kappa shape index (κ2) is 6.71. The van der Waals surface area contributed by atoms with Gasteiger partial charge in [-0.2, -0.15) is 5.10 Å². The maximum absolute atomic E-state index is 4.30. The summed E-state index contributed by atoms with van der Waals surface area (Å²) in [5, 5.41) is 7.92. The van der Waals surface area contributed by atoms with Gasteiger partial charge in [0.15, 0.2) is 0 Å². The Balaban J connectivity index is 2.16. The molecule has 1 aromatic heterocycles. The van der Waals surface area contributed by atoms with Gasteiger partial charge in [0.2, 0.25) is 0 Å². The van der Waals surface area contributed by atoms with Crippen LogP contribution in [0.1, 0.15) is 41.6 Å². The Morgan fingerprint density at radius 2 is 2.05 bits per heavy atom. The molecule has 2 aromatic rings. The fourth-order valence-corrected chi connectivity index (χ4v) is 2.41. The smallest absolute Gasteiger partial charge is 0.0537 e. The third kappa shape index (κ3) is 3.70. The molecule has 0 aliphatic rings. The molecule has 0 saturated heterocycles. The Morgan fingerprint density at radius 1 is 1.25 bits per heavy atom. The molecule has 0 radical (unpaired) electrons. The molecule has 1 heterocycles. The van der Waals surface area contributed by atoms with E-state index in [1.54, 1.807) is 0 Å². The highest BCUT2D eigenvalue weighted by Crippen LogP contribution is 2.20. The molecule has 0 spiro atoms. The number of hydrogen-bond acceptors (Lipinski definition) is 2. The highest BCUT2D eigenvalue weighted by molar-refractivity contribution is 5.31. The Labute approximate surface area is 122 Å². The summed E-state index contributed by atoms with van der Waals surface area (Å²) in [5.74, 6) is 0. The minimum Gasteiger partial charge on any atom is -0.310 e. The van der Waals surface area contributed by atoms with Crippen LogP contribution in [0.3, 0.4) is 0 Å². The van der Waals surface area contributed by atoms with Crippen LogP contribution in [0.15, 0.2) is 30.6 Å². The third-order valence-corrected chi connectivity index (χ3v) is 3.78. The predicted molar refractivity (Wildman–Crippen MR) is 83.9 cm³/mol. The fraction of sp³-hybridized carbons (Fsp3) is 0.471. The van der Waals surface area contributed by atoms with Gasteiger partial charge < -0.3 is 5.32 Å². The Hall–Kier alpha value is -1.61. The van der Waals surface area contributed by atoms with E-state index in [0.717, 1.165) is 19.4 Å². The molecular formula is C17H25N3. The summed E-state index contributed by atoms with van der Waals surface area (Å²) in [4.78, 5) is 0. The maximum atomic E-state index is 4.30. The molecule has 0 amide bonds. The molecule has 20 heavy (non-hydrogen) atoms. The van der Waals surface area contributed by atoms with Gasteiger partial charge in [-0.05, 0) is 49.9 Å². The fourth-order valence-electron chi connectivity index (χ4n) is 2.41. The van der Waals surface area contributed by atoms with Crippen LogP contribution in [-0.2, 0) is 13.5 Å². The van der Waals surface area contributed by atoms with Crippen molar-refractivity contribution >= 4 is 0 Å². The lowest BCUT2D eigenvalue weighted by Gasteiger charge is -2.18. The van der Waals surface area contributed by atoms with Crippen molar-refractivity contribution in [3.8, 4) is 0 Å². The molecule has 3 heteroatoms. The number of rotatable bonds is 6. The Kier molecular flexibility index (Phi) is 4.96. The predicted octanol–water partition coefficient (Wildman–Crippen LogP) is 3.32. The molecule has 2 rings (SSSR count). The zero-order chi connectivity index (χ0) is 14.5. The third-order valence-electron chi connectivity index (χ3n) is 3.78. The van der Waals surface area contributed by atoms with E-state index in [4.69, 9.17) is 0 Å². The van der Waals surface area contributed by atoms with Crippen LogP contribution in [0, 0.1) is 13.8 Å². The van der Waals surface area contributed by atoms with Gasteiger partial charge in [0.1, 0.15) is 0 Å². The van der Waals surface area contributed by atoms with Crippen LogP contribution in [0.4, 0.5) is 0 Å².